The number of fused-ring (bicyclic) bond motifs is 2. The number of rotatable bonds is 4. The average Bonchev–Trinajstić information content (AvgIpc) is 3.53. The molecule has 3 heterocycles. The molecule has 8 nitrogen and oxygen atoms in total. The first-order valence-corrected chi connectivity index (χ1v) is 13.5. The van der Waals surface area contributed by atoms with Crippen LogP contribution in [0.3, 0.4) is 0 Å². The van der Waals surface area contributed by atoms with Crippen molar-refractivity contribution in [1.82, 2.24) is 10.2 Å². The Morgan fingerprint density at radius 2 is 1.44 bits per heavy atom. The van der Waals surface area contributed by atoms with Crippen LogP contribution in [0.4, 0.5) is 26.3 Å². The van der Waals surface area contributed by atoms with E-state index in [9.17, 15) is 26.3 Å². The number of benzene rings is 1. The monoisotopic (exact) mass is 598 g/mol. The first-order valence-electron chi connectivity index (χ1n) is 13.5. The molecule has 1 spiro atoms. The Labute approximate surface area is 234 Å². The number of carboxylic acids is 2. The number of likely N-dealkylation sites (tertiary alicyclic amines) is 1. The van der Waals surface area contributed by atoms with Gasteiger partial charge in [0, 0.05) is 38.4 Å². The van der Waals surface area contributed by atoms with E-state index in [2.05, 4.69) is 34.5 Å². The molecule has 1 aromatic carbocycles. The van der Waals surface area contributed by atoms with Crippen LogP contribution in [0.15, 0.2) is 24.3 Å². The second-order valence-electron chi connectivity index (χ2n) is 10.8. The van der Waals surface area contributed by atoms with Crippen molar-refractivity contribution in [2.24, 2.45) is 5.92 Å². The largest absolute Gasteiger partial charge is 0.490 e. The van der Waals surface area contributed by atoms with Crippen molar-refractivity contribution in [3.8, 4) is 0 Å². The van der Waals surface area contributed by atoms with Gasteiger partial charge in [0.1, 0.15) is 0 Å². The summed E-state index contributed by atoms with van der Waals surface area (Å²) >= 11 is 0. The molecule has 4 aliphatic rings. The fourth-order valence-corrected chi connectivity index (χ4v) is 5.92. The summed E-state index contributed by atoms with van der Waals surface area (Å²) in [6.45, 7) is 7.50. The lowest BCUT2D eigenvalue weighted by Gasteiger charge is -2.41. The van der Waals surface area contributed by atoms with Gasteiger partial charge in [-0.2, -0.15) is 26.3 Å². The van der Waals surface area contributed by atoms with Crippen molar-refractivity contribution in [2.45, 2.75) is 68.4 Å². The highest BCUT2D eigenvalue weighted by Crippen LogP contribution is 2.51. The lowest BCUT2D eigenvalue weighted by Crippen LogP contribution is -2.44. The van der Waals surface area contributed by atoms with Gasteiger partial charge in [-0.25, -0.2) is 9.59 Å². The van der Waals surface area contributed by atoms with Crippen LogP contribution in [0.1, 0.15) is 55.7 Å². The van der Waals surface area contributed by atoms with Gasteiger partial charge in [-0.15, -0.1) is 0 Å². The molecule has 5 rings (SSSR count). The maximum absolute atomic E-state index is 10.6. The zero-order chi connectivity index (χ0) is 30.3. The van der Waals surface area contributed by atoms with Crippen LogP contribution in [-0.4, -0.2) is 91.5 Å². The number of nitrogens with zero attached hydrogens (tertiary/aromatic N) is 1. The molecule has 1 aromatic rings. The summed E-state index contributed by atoms with van der Waals surface area (Å²) in [7, 11) is 0. The number of carboxylic acid groups (broad SMARTS) is 2. The van der Waals surface area contributed by atoms with Crippen LogP contribution < -0.4 is 5.32 Å². The molecule has 41 heavy (non-hydrogen) atoms. The minimum Gasteiger partial charge on any atom is -0.475 e. The zero-order valence-corrected chi connectivity index (χ0v) is 22.5. The smallest absolute Gasteiger partial charge is 0.475 e. The van der Waals surface area contributed by atoms with E-state index in [1.807, 2.05) is 0 Å². The summed E-state index contributed by atoms with van der Waals surface area (Å²) in [4.78, 5) is 20.5. The standard InChI is InChI=1S/C23H34N2O2.2C2HF3O2/c1-2-4-21-20(3-1)22(24-19-6-13-26-14-7-19)15-23(21)8-10-25(11-9-23)16-18-5-12-27-17-18;2*3-2(4,5)1(6)7/h1-4,18-19,22,24H,5-17H2;2*(H,6,7). The third kappa shape index (κ3) is 9.55. The molecule has 0 radical (unpaired) electrons. The van der Waals surface area contributed by atoms with Crippen molar-refractivity contribution < 1.29 is 55.6 Å². The average molecular weight is 599 g/mol. The minimum atomic E-state index is -5.08. The zero-order valence-electron chi connectivity index (χ0n) is 22.5. The van der Waals surface area contributed by atoms with Crippen molar-refractivity contribution in [1.29, 1.82) is 0 Å². The van der Waals surface area contributed by atoms with E-state index in [4.69, 9.17) is 29.3 Å². The van der Waals surface area contributed by atoms with Crippen LogP contribution in [0.25, 0.3) is 0 Å². The summed E-state index contributed by atoms with van der Waals surface area (Å²) in [5.41, 5.74) is 3.60. The molecule has 3 aliphatic heterocycles. The predicted octanol–water partition coefficient (Wildman–Crippen LogP) is 4.54. The van der Waals surface area contributed by atoms with Crippen LogP contribution >= 0.6 is 0 Å². The molecule has 1 aliphatic carbocycles. The van der Waals surface area contributed by atoms with Crippen LogP contribution in [-0.2, 0) is 24.5 Å². The Morgan fingerprint density at radius 1 is 0.902 bits per heavy atom. The molecular weight excluding hydrogens is 562 g/mol. The summed E-state index contributed by atoms with van der Waals surface area (Å²) in [5, 5.41) is 18.3. The Bertz CT molecular complexity index is 977. The lowest BCUT2D eigenvalue weighted by atomic mass is 9.73. The highest BCUT2D eigenvalue weighted by molar-refractivity contribution is 5.73. The van der Waals surface area contributed by atoms with E-state index < -0.39 is 24.3 Å². The van der Waals surface area contributed by atoms with E-state index in [1.165, 1.54) is 45.3 Å². The first kappa shape index (κ1) is 33.1. The van der Waals surface area contributed by atoms with Gasteiger partial charge in [0.25, 0.3) is 0 Å². The summed E-state index contributed by atoms with van der Waals surface area (Å²) in [6.07, 6.45) is -2.70. The minimum absolute atomic E-state index is 0.391. The third-order valence-electron chi connectivity index (χ3n) is 8.00. The number of halogens is 6. The fourth-order valence-electron chi connectivity index (χ4n) is 5.92. The van der Waals surface area contributed by atoms with Crippen molar-refractivity contribution in [3.05, 3.63) is 35.4 Å². The molecule has 232 valence electrons. The molecule has 14 heteroatoms. The Kier molecular flexibility index (Phi) is 11.4. The molecular formula is C27H36F6N2O6. The van der Waals surface area contributed by atoms with Gasteiger partial charge >= 0.3 is 24.3 Å². The summed E-state index contributed by atoms with van der Waals surface area (Å²) < 4.78 is 74.6. The molecule has 0 saturated carbocycles. The van der Waals surface area contributed by atoms with Gasteiger partial charge in [0.05, 0.1) is 6.61 Å². The second-order valence-corrected chi connectivity index (χ2v) is 10.8. The summed E-state index contributed by atoms with van der Waals surface area (Å²) in [6, 6.07) is 10.4. The van der Waals surface area contributed by atoms with Gasteiger partial charge < -0.3 is 29.9 Å². The van der Waals surface area contributed by atoms with E-state index in [0.717, 1.165) is 45.2 Å². The SMILES string of the molecule is O=C(O)C(F)(F)F.O=C(O)C(F)(F)F.c1ccc2c(c1)C(NC1CCOCC1)CC21CCN(CC2CCOC2)CC1. The Hall–Kier alpha value is -2.42. The van der Waals surface area contributed by atoms with Crippen molar-refractivity contribution in [3.63, 3.8) is 0 Å². The van der Waals surface area contributed by atoms with E-state index in [0.29, 0.717) is 17.5 Å². The fraction of sp³-hybridized carbons (Fsp3) is 0.704. The molecule has 3 saturated heterocycles. The highest BCUT2D eigenvalue weighted by atomic mass is 19.4. The molecule has 3 fully saturated rings. The number of piperidine rings is 1. The molecule has 2 unspecified atom stereocenters. The van der Waals surface area contributed by atoms with Gasteiger partial charge in [-0.05, 0) is 74.1 Å². The number of carbonyl (C=O) groups is 2. The molecule has 3 N–H and O–H groups in total. The van der Waals surface area contributed by atoms with Crippen molar-refractivity contribution in [2.75, 3.05) is 46.1 Å². The first-order chi connectivity index (χ1) is 19.2. The number of aliphatic carboxylic acids is 2. The second kappa shape index (κ2) is 14.2. The van der Waals surface area contributed by atoms with Crippen LogP contribution in [0.5, 0.6) is 0 Å². The molecule has 2 atom stereocenters. The number of alkyl halides is 6. The van der Waals surface area contributed by atoms with Gasteiger partial charge in [-0.1, -0.05) is 24.3 Å². The Morgan fingerprint density at radius 3 is 1.95 bits per heavy atom. The lowest BCUT2D eigenvalue weighted by molar-refractivity contribution is -0.193. The number of hydrogen-bond acceptors (Lipinski definition) is 6. The highest BCUT2D eigenvalue weighted by Gasteiger charge is 2.46. The molecule has 0 bridgehead atoms. The van der Waals surface area contributed by atoms with Gasteiger partial charge in [-0.3, -0.25) is 0 Å². The predicted molar refractivity (Wildman–Crippen MR) is 134 cm³/mol. The van der Waals surface area contributed by atoms with E-state index >= 15 is 0 Å². The third-order valence-corrected chi connectivity index (χ3v) is 8.00. The number of nitrogens with one attached hydrogen (secondary N) is 1. The van der Waals surface area contributed by atoms with Gasteiger partial charge in [0.15, 0.2) is 0 Å². The Balaban J connectivity index is 0.000000276. The van der Waals surface area contributed by atoms with E-state index in [-0.39, 0.29) is 0 Å². The van der Waals surface area contributed by atoms with Gasteiger partial charge in [0.2, 0.25) is 0 Å². The van der Waals surface area contributed by atoms with Crippen LogP contribution in [0.2, 0.25) is 0 Å². The quantitative estimate of drug-likeness (QED) is 0.434. The normalized spacial score (nSPS) is 24.5. The molecule has 0 amide bonds. The molecule has 0 aromatic heterocycles. The number of hydrogen-bond donors (Lipinski definition) is 3. The van der Waals surface area contributed by atoms with Crippen molar-refractivity contribution >= 4 is 11.9 Å². The van der Waals surface area contributed by atoms with Crippen LogP contribution in [0, 0.1) is 5.92 Å². The maximum Gasteiger partial charge on any atom is 0.490 e. The topological polar surface area (TPSA) is 108 Å². The maximum atomic E-state index is 10.6. The van der Waals surface area contributed by atoms with E-state index in [1.54, 1.807) is 11.1 Å². The summed E-state index contributed by atoms with van der Waals surface area (Å²) in [5.74, 6) is -4.75. The number of ether oxygens (including phenoxy) is 2.